The lowest BCUT2D eigenvalue weighted by Crippen LogP contribution is -2.60. The van der Waals surface area contributed by atoms with Crippen molar-refractivity contribution in [2.45, 2.75) is 71.4 Å². The van der Waals surface area contributed by atoms with Gasteiger partial charge in [0.2, 0.25) is 6.36 Å². The van der Waals surface area contributed by atoms with E-state index in [1.807, 2.05) is 91.0 Å². The summed E-state index contributed by atoms with van der Waals surface area (Å²) in [7, 11) is 0. The van der Waals surface area contributed by atoms with Crippen molar-refractivity contribution < 1.29 is 32.9 Å². The molecule has 0 aliphatic carbocycles. The summed E-state index contributed by atoms with van der Waals surface area (Å²) in [6, 6.07) is 28.9. The van der Waals surface area contributed by atoms with E-state index in [-0.39, 0.29) is 19.8 Å². The topological polar surface area (TPSA) is 63.2 Å². The average molecular weight is 537 g/mol. The summed E-state index contributed by atoms with van der Waals surface area (Å²) in [4.78, 5) is 12.8. The van der Waals surface area contributed by atoms with Crippen molar-refractivity contribution >= 4 is 5.97 Å². The van der Waals surface area contributed by atoms with Gasteiger partial charge in [0.1, 0.15) is 18.3 Å². The van der Waals surface area contributed by atoms with Crippen molar-refractivity contribution in [3.05, 3.63) is 108 Å². The fraction of sp³-hybridized carbons (Fsp3) is 0.406. The molecule has 39 heavy (non-hydrogen) atoms. The average Bonchev–Trinajstić information content (AvgIpc) is 2.94. The second-order valence-electron chi connectivity index (χ2n) is 10.7. The first-order valence-corrected chi connectivity index (χ1v) is 13.2. The van der Waals surface area contributed by atoms with Crippen LogP contribution in [-0.4, -0.2) is 43.3 Å². The van der Waals surface area contributed by atoms with Gasteiger partial charge in [-0.2, -0.15) is 0 Å². The van der Waals surface area contributed by atoms with Gasteiger partial charge in [0.05, 0.1) is 31.8 Å². The Bertz CT molecular complexity index is 1140. The van der Waals surface area contributed by atoms with E-state index in [1.165, 1.54) is 0 Å². The summed E-state index contributed by atoms with van der Waals surface area (Å²) in [5.74, 6) is -0.548. The zero-order valence-corrected chi connectivity index (χ0v) is 22.7. The first-order chi connectivity index (χ1) is 18.8. The lowest BCUT2D eigenvalue weighted by Gasteiger charge is -2.43. The van der Waals surface area contributed by atoms with E-state index in [2.05, 4.69) is 0 Å². The molecule has 1 fully saturated rings. The molecule has 1 heterocycles. The van der Waals surface area contributed by atoms with Gasteiger partial charge in [-0.15, -0.1) is 0 Å². The molecule has 1 aliphatic rings. The molecular formula is C32H37FO6. The third-order valence-electron chi connectivity index (χ3n) is 6.40. The van der Waals surface area contributed by atoms with E-state index in [0.717, 1.165) is 16.7 Å². The molecular weight excluding hydrogens is 499 g/mol. The summed E-state index contributed by atoms with van der Waals surface area (Å²) in [5.41, 5.74) is 1.99. The zero-order valence-electron chi connectivity index (χ0n) is 22.7. The van der Waals surface area contributed by atoms with Gasteiger partial charge in [-0.1, -0.05) is 91.0 Å². The number of ether oxygens (including phenoxy) is 5. The van der Waals surface area contributed by atoms with Crippen LogP contribution >= 0.6 is 0 Å². The van der Waals surface area contributed by atoms with Crippen molar-refractivity contribution in [1.82, 2.24) is 0 Å². The van der Waals surface area contributed by atoms with E-state index < -0.39 is 42.2 Å². The Hall–Kier alpha value is -3.10. The van der Waals surface area contributed by atoms with Crippen LogP contribution in [0, 0.1) is 5.41 Å². The molecule has 5 atom stereocenters. The normalized spacial score (nSPS) is 23.3. The first-order valence-electron chi connectivity index (χ1n) is 13.2. The number of halogens is 1. The molecule has 1 aliphatic heterocycles. The summed E-state index contributed by atoms with van der Waals surface area (Å²) in [5, 5.41) is 0. The maximum Gasteiger partial charge on any atom is 0.311 e. The molecule has 208 valence electrons. The maximum atomic E-state index is 15.6. The SMILES string of the molecule is CC(C)(C)C(=O)O[C@H]1C(F)O[C@H](COCc2ccccc2)[C@@H](OCc2ccccc2)[C@@H]1OCc1ccccc1. The lowest BCUT2D eigenvalue weighted by atomic mass is 9.95. The highest BCUT2D eigenvalue weighted by Crippen LogP contribution is 2.32. The molecule has 3 aromatic carbocycles. The van der Waals surface area contributed by atoms with Crippen LogP contribution in [0.5, 0.6) is 0 Å². The largest absolute Gasteiger partial charge is 0.453 e. The van der Waals surface area contributed by atoms with Crippen LogP contribution in [0.15, 0.2) is 91.0 Å². The minimum Gasteiger partial charge on any atom is -0.453 e. The highest BCUT2D eigenvalue weighted by atomic mass is 19.1. The molecule has 0 saturated carbocycles. The van der Waals surface area contributed by atoms with Gasteiger partial charge >= 0.3 is 5.97 Å². The minimum atomic E-state index is -1.92. The smallest absolute Gasteiger partial charge is 0.311 e. The highest BCUT2D eigenvalue weighted by molar-refractivity contribution is 5.75. The van der Waals surface area contributed by atoms with Gasteiger partial charge in [-0.05, 0) is 37.5 Å². The van der Waals surface area contributed by atoms with Gasteiger partial charge in [-0.3, -0.25) is 4.79 Å². The van der Waals surface area contributed by atoms with Crippen molar-refractivity contribution in [1.29, 1.82) is 0 Å². The Morgan fingerprint density at radius 1 is 0.718 bits per heavy atom. The third kappa shape index (κ3) is 8.44. The zero-order chi connectivity index (χ0) is 27.7. The molecule has 4 rings (SSSR count). The van der Waals surface area contributed by atoms with Crippen LogP contribution in [0.2, 0.25) is 0 Å². The molecule has 0 N–H and O–H groups in total. The number of carbonyl (C=O) groups is 1. The highest BCUT2D eigenvalue weighted by Gasteiger charge is 2.50. The van der Waals surface area contributed by atoms with Crippen LogP contribution in [0.3, 0.4) is 0 Å². The van der Waals surface area contributed by atoms with Crippen LogP contribution in [0.1, 0.15) is 37.5 Å². The second kappa shape index (κ2) is 13.8. The number of alkyl halides is 1. The summed E-state index contributed by atoms with van der Waals surface area (Å²) in [6.45, 7) is 5.98. The summed E-state index contributed by atoms with van der Waals surface area (Å²) >= 11 is 0. The Morgan fingerprint density at radius 2 is 1.18 bits per heavy atom. The van der Waals surface area contributed by atoms with Crippen molar-refractivity contribution in [3.63, 3.8) is 0 Å². The van der Waals surface area contributed by atoms with E-state index in [9.17, 15) is 4.79 Å². The minimum absolute atomic E-state index is 0.0694. The van der Waals surface area contributed by atoms with Gasteiger partial charge in [0, 0.05) is 0 Å². The van der Waals surface area contributed by atoms with Gasteiger partial charge in [0.25, 0.3) is 0 Å². The van der Waals surface area contributed by atoms with Crippen LogP contribution in [0.4, 0.5) is 4.39 Å². The molecule has 7 heteroatoms. The molecule has 0 aromatic heterocycles. The van der Waals surface area contributed by atoms with Crippen LogP contribution in [-0.2, 0) is 48.3 Å². The Kier molecular flexibility index (Phi) is 10.2. The second-order valence-corrected chi connectivity index (χ2v) is 10.7. The predicted octanol–water partition coefficient (Wildman–Crippen LogP) is 6.03. The molecule has 0 amide bonds. The monoisotopic (exact) mass is 536 g/mol. The molecule has 1 unspecified atom stereocenters. The fourth-order valence-corrected chi connectivity index (χ4v) is 4.22. The van der Waals surface area contributed by atoms with Gasteiger partial charge in [-0.25, -0.2) is 4.39 Å². The summed E-state index contributed by atoms with van der Waals surface area (Å²) < 4.78 is 45.6. The third-order valence-corrected chi connectivity index (χ3v) is 6.40. The molecule has 0 bridgehead atoms. The van der Waals surface area contributed by atoms with E-state index >= 15 is 4.39 Å². The van der Waals surface area contributed by atoms with E-state index in [0.29, 0.717) is 6.61 Å². The Balaban J connectivity index is 1.57. The molecule has 3 aromatic rings. The lowest BCUT2D eigenvalue weighted by molar-refractivity contribution is -0.293. The van der Waals surface area contributed by atoms with Gasteiger partial charge < -0.3 is 23.7 Å². The number of carbonyl (C=O) groups excluding carboxylic acids is 1. The summed E-state index contributed by atoms with van der Waals surface area (Å²) in [6.07, 6.45) is -5.73. The molecule has 0 radical (unpaired) electrons. The van der Waals surface area contributed by atoms with Crippen LogP contribution < -0.4 is 0 Å². The van der Waals surface area contributed by atoms with Crippen molar-refractivity contribution in [2.24, 2.45) is 5.41 Å². The number of esters is 1. The van der Waals surface area contributed by atoms with Crippen LogP contribution in [0.25, 0.3) is 0 Å². The van der Waals surface area contributed by atoms with Crippen molar-refractivity contribution in [3.8, 4) is 0 Å². The van der Waals surface area contributed by atoms with E-state index in [4.69, 9.17) is 23.7 Å². The number of hydrogen-bond donors (Lipinski definition) is 0. The quantitative estimate of drug-likeness (QED) is 0.279. The first kappa shape index (κ1) is 28.9. The maximum absolute atomic E-state index is 15.6. The number of rotatable bonds is 11. The number of benzene rings is 3. The number of hydrogen-bond acceptors (Lipinski definition) is 6. The van der Waals surface area contributed by atoms with E-state index in [1.54, 1.807) is 20.8 Å². The predicted molar refractivity (Wildman–Crippen MR) is 145 cm³/mol. The Morgan fingerprint density at radius 3 is 1.67 bits per heavy atom. The fourth-order valence-electron chi connectivity index (χ4n) is 4.22. The van der Waals surface area contributed by atoms with Crippen molar-refractivity contribution in [2.75, 3.05) is 6.61 Å². The standard InChI is InChI=1S/C32H37FO6/c1-32(2,3)31(34)39-29-28(37-21-25-17-11-6-12-18-25)27(36-20-24-15-9-5-10-16-24)26(38-30(29)33)22-35-19-23-13-7-4-8-14-23/h4-18,26-30H,19-22H2,1-3H3/t26-,27-,28+,29-,30?/m1/s1. The molecule has 1 saturated heterocycles. The van der Waals surface area contributed by atoms with Gasteiger partial charge in [0.15, 0.2) is 6.10 Å². The molecule has 0 spiro atoms. The Labute approximate surface area is 230 Å². The molecule has 6 nitrogen and oxygen atoms in total.